The number of alkyl halides is 1. The fraction of sp³-hybridized carbons (Fsp3) is 0.182. The van der Waals surface area contributed by atoms with E-state index in [1.807, 2.05) is 6.92 Å². The zero-order chi connectivity index (χ0) is 20.1. The van der Waals surface area contributed by atoms with Gasteiger partial charge in [0.25, 0.3) is 0 Å². The Labute approximate surface area is 170 Å². The van der Waals surface area contributed by atoms with Gasteiger partial charge in [-0.1, -0.05) is 71.8 Å². The predicted octanol–water partition coefficient (Wildman–Crippen LogP) is 5.55. The fourth-order valence-corrected chi connectivity index (χ4v) is 4.40. The summed E-state index contributed by atoms with van der Waals surface area (Å²) in [6.07, 6.45) is -1.44. The smallest absolute Gasteiger partial charge is 0.241 e. The number of hydrogen-bond donors (Lipinski definition) is 0. The normalized spacial score (nSPS) is 12.9. The lowest BCUT2D eigenvalue weighted by Gasteiger charge is -2.24. The lowest BCUT2D eigenvalue weighted by molar-refractivity contribution is 0.262. The Morgan fingerprint density at radius 3 is 2.14 bits per heavy atom. The summed E-state index contributed by atoms with van der Waals surface area (Å²) in [4.78, 5) is 0.146. The van der Waals surface area contributed by atoms with Gasteiger partial charge in [0.1, 0.15) is 6.17 Å². The molecule has 28 heavy (non-hydrogen) atoms. The standard InChI is InChI=1S/C22H21ClFNO2S/c1-17-7-13-21(14-8-17)28(26,27)25(15-18-9-11-20(23)12-10-18)16-22(24)19-5-3-2-4-6-19/h2-14,22H,15-16H2,1H3. The van der Waals surface area contributed by atoms with Gasteiger partial charge in [0.05, 0.1) is 4.90 Å². The Morgan fingerprint density at radius 2 is 1.54 bits per heavy atom. The van der Waals surface area contributed by atoms with Gasteiger partial charge in [-0.05, 0) is 42.3 Å². The van der Waals surface area contributed by atoms with Crippen molar-refractivity contribution in [1.29, 1.82) is 0 Å². The van der Waals surface area contributed by atoms with Crippen LogP contribution in [0.1, 0.15) is 22.9 Å². The molecule has 0 aliphatic heterocycles. The fourth-order valence-electron chi connectivity index (χ4n) is 2.85. The third-order valence-electron chi connectivity index (χ3n) is 4.46. The third-order valence-corrected chi connectivity index (χ3v) is 6.53. The first kappa shape index (κ1) is 20.5. The highest BCUT2D eigenvalue weighted by Crippen LogP contribution is 2.25. The molecule has 1 unspecified atom stereocenters. The molecule has 0 N–H and O–H groups in total. The molecule has 3 rings (SSSR count). The highest BCUT2D eigenvalue weighted by atomic mass is 35.5. The molecule has 0 radical (unpaired) electrons. The molecule has 0 aliphatic carbocycles. The van der Waals surface area contributed by atoms with Crippen LogP contribution in [0.15, 0.2) is 83.8 Å². The van der Waals surface area contributed by atoms with Crippen molar-refractivity contribution in [2.24, 2.45) is 0 Å². The van der Waals surface area contributed by atoms with Gasteiger partial charge in [0, 0.05) is 18.1 Å². The van der Waals surface area contributed by atoms with Crippen molar-refractivity contribution in [1.82, 2.24) is 4.31 Å². The Balaban J connectivity index is 1.93. The average Bonchev–Trinajstić information content (AvgIpc) is 2.70. The van der Waals surface area contributed by atoms with Crippen LogP contribution in [0.3, 0.4) is 0 Å². The zero-order valence-corrected chi connectivity index (χ0v) is 17.0. The van der Waals surface area contributed by atoms with E-state index in [0.29, 0.717) is 10.6 Å². The summed E-state index contributed by atoms with van der Waals surface area (Å²) < 4.78 is 42.5. The maximum Gasteiger partial charge on any atom is 0.243 e. The summed E-state index contributed by atoms with van der Waals surface area (Å²) >= 11 is 5.92. The first-order valence-electron chi connectivity index (χ1n) is 8.86. The topological polar surface area (TPSA) is 37.4 Å². The number of benzene rings is 3. The molecular formula is C22H21ClFNO2S. The third kappa shape index (κ3) is 4.98. The SMILES string of the molecule is Cc1ccc(S(=O)(=O)N(Cc2ccc(Cl)cc2)CC(F)c2ccccc2)cc1. The van der Waals surface area contributed by atoms with Gasteiger partial charge in [0.15, 0.2) is 0 Å². The quantitative estimate of drug-likeness (QED) is 0.505. The van der Waals surface area contributed by atoms with Crippen molar-refractivity contribution < 1.29 is 12.8 Å². The van der Waals surface area contributed by atoms with Crippen LogP contribution in [0.4, 0.5) is 4.39 Å². The van der Waals surface area contributed by atoms with E-state index in [1.165, 1.54) is 4.31 Å². The molecule has 3 aromatic rings. The Bertz CT molecular complexity index is 1010. The summed E-state index contributed by atoms with van der Waals surface area (Å²) in [5.74, 6) is 0. The highest BCUT2D eigenvalue weighted by molar-refractivity contribution is 7.89. The molecule has 3 aromatic carbocycles. The summed E-state index contributed by atoms with van der Waals surface area (Å²) in [5.41, 5.74) is 2.14. The summed E-state index contributed by atoms with van der Waals surface area (Å²) in [6, 6.07) is 22.0. The largest absolute Gasteiger partial charge is 0.243 e. The molecule has 0 heterocycles. The van der Waals surface area contributed by atoms with Gasteiger partial charge in [-0.3, -0.25) is 0 Å². The summed E-state index contributed by atoms with van der Waals surface area (Å²) in [6.45, 7) is 1.67. The van der Waals surface area contributed by atoms with E-state index in [-0.39, 0.29) is 18.0 Å². The first-order valence-corrected chi connectivity index (χ1v) is 10.7. The van der Waals surface area contributed by atoms with E-state index in [2.05, 4.69) is 0 Å². The maximum absolute atomic E-state index is 14.9. The molecule has 146 valence electrons. The van der Waals surface area contributed by atoms with Crippen LogP contribution >= 0.6 is 11.6 Å². The minimum Gasteiger partial charge on any atom is -0.241 e. The highest BCUT2D eigenvalue weighted by Gasteiger charge is 2.28. The molecule has 0 spiro atoms. The number of nitrogens with zero attached hydrogens (tertiary/aromatic N) is 1. The van der Waals surface area contributed by atoms with Gasteiger partial charge >= 0.3 is 0 Å². The average molecular weight is 418 g/mol. The van der Waals surface area contributed by atoms with Gasteiger partial charge in [-0.2, -0.15) is 4.31 Å². The second kappa shape index (κ2) is 8.86. The molecule has 0 aliphatic rings. The Morgan fingerprint density at radius 1 is 0.929 bits per heavy atom. The zero-order valence-electron chi connectivity index (χ0n) is 15.4. The molecule has 0 amide bonds. The predicted molar refractivity (Wildman–Crippen MR) is 111 cm³/mol. The molecule has 1 atom stereocenters. The molecule has 0 saturated heterocycles. The summed E-state index contributed by atoms with van der Waals surface area (Å²) in [7, 11) is -3.87. The Kier molecular flexibility index (Phi) is 6.50. The van der Waals surface area contributed by atoms with Crippen molar-refractivity contribution in [3.8, 4) is 0 Å². The minimum absolute atomic E-state index is 0.0562. The van der Waals surface area contributed by atoms with E-state index >= 15 is 0 Å². The van der Waals surface area contributed by atoms with Crippen LogP contribution in [-0.4, -0.2) is 19.3 Å². The molecule has 3 nitrogen and oxygen atoms in total. The molecular weight excluding hydrogens is 397 g/mol. The number of rotatable bonds is 7. The van der Waals surface area contributed by atoms with Crippen molar-refractivity contribution in [3.05, 3.63) is 101 Å². The molecule has 6 heteroatoms. The van der Waals surface area contributed by atoms with Crippen LogP contribution in [0.5, 0.6) is 0 Å². The molecule has 0 saturated carbocycles. The van der Waals surface area contributed by atoms with Crippen LogP contribution in [-0.2, 0) is 16.6 Å². The van der Waals surface area contributed by atoms with Gasteiger partial charge in [-0.15, -0.1) is 0 Å². The monoisotopic (exact) mass is 417 g/mol. The van der Waals surface area contributed by atoms with E-state index in [9.17, 15) is 12.8 Å². The van der Waals surface area contributed by atoms with Crippen LogP contribution < -0.4 is 0 Å². The van der Waals surface area contributed by atoms with Gasteiger partial charge in [0.2, 0.25) is 10.0 Å². The number of aryl methyl sites for hydroxylation is 1. The molecule has 0 fully saturated rings. The van der Waals surface area contributed by atoms with Crippen molar-refractivity contribution in [3.63, 3.8) is 0 Å². The molecule has 0 bridgehead atoms. The number of hydrogen-bond acceptors (Lipinski definition) is 2. The van der Waals surface area contributed by atoms with Gasteiger partial charge < -0.3 is 0 Å². The lowest BCUT2D eigenvalue weighted by Crippen LogP contribution is -2.33. The first-order chi connectivity index (χ1) is 13.4. The van der Waals surface area contributed by atoms with Crippen molar-refractivity contribution in [2.45, 2.75) is 24.5 Å². The second-order valence-corrected chi connectivity index (χ2v) is 8.99. The number of sulfonamides is 1. The van der Waals surface area contributed by atoms with E-state index in [4.69, 9.17) is 11.6 Å². The van der Waals surface area contributed by atoms with Crippen LogP contribution in [0, 0.1) is 6.92 Å². The second-order valence-electron chi connectivity index (χ2n) is 6.62. The van der Waals surface area contributed by atoms with Crippen molar-refractivity contribution in [2.75, 3.05) is 6.54 Å². The van der Waals surface area contributed by atoms with Gasteiger partial charge in [-0.25, -0.2) is 12.8 Å². The number of halogens is 2. The minimum atomic E-state index is -3.87. The van der Waals surface area contributed by atoms with E-state index in [0.717, 1.165) is 11.1 Å². The van der Waals surface area contributed by atoms with Crippen LogP contribution in [0.2, 0.25) is 5.02 Å². The summed E-state index contributed by atoms with van der Waals surface area (Å²) in [5, 5.41) is 0.560. The Hall–Kier alpha value is -2.21. The van der Waals surface area contributed by atoms with E-state index in [1.54, 1.807) is 78.9 Å². The molecule has 0 aromatic heterocycles. The lowest BCUT2D eigenvalue weighted by atomic mass is 10.1. The van der Waals surface area contributed by atoms with Crippen molar-refractivity contribution >= 4 is 21.6 Å². The van der Waals surface area contributed by atoms with Crippen LogP contribution in [0.25, 0.3) is 0 Å². The van der Waals surface area contributed by atoms with E-state index < -0.39 is 16.2 Å². The maximum atomic E-state index is 14.9.